The van der Waals surface area contributed by atoms with E-state index in [0.29, 0.717) is 25.5 Å². The van der Waals surface area contributed by atoms with Gasteiger partial charge in [-0.1, -0.05) is 43.7 Å². The molecule has 4 nitrogen and oxygen atoms in total. The number of likely N-dealkylation sites (tertiary alicyclic amines) is 1. The summed E-state index contributed by atoms with van der Waals surface area (Å²) in [5.74, 6) is -1.08. The maximum Gasteiger partial charge on any atom is 0.416 e. The number of hydrogen-bond donors (Lipinski definition) is 2. The number of nitrogens with zero attached hydrogens (tertiary/aromatic N) is 1. The fourth-order valence-corrected chi connectivity index (χ4v) is 6.12. The molecule has 1 saturated carbocycles. The van der Waals surface area contributed by atoms with E-state index in [0.717, 1.165) is 37.1 Å². The summed E-state index contributed by atoms with van der Waals surface area (Å²) >= 11 is 0. The highest BCUT2D eigenvalue weighted by Gasteiger charge is 2.49. The number of benzene rings is 2. The molecule has 2 aliphatic rings. The Morgan fingerprint density at radius 2 is 1.86 bits per heavy atom. The van der Waals surface area contributed by atoms with E-state index < -0.39 is 29.1 Å². The smallest absolute Gasteiger partial charge is 0.391 e. The number of amides is 1. The molecule has 37 heavy (non-hydrogen) atoms. The van der Waals surface area contributed by atoms with Gasteiger partial charge in [0.15, 0.2) is 0 Å². The Labute approximate surface area is 216 Å². The van der Waals surface area contributed by atoms with Gasteiger partial charge in [0.2, 0.25) is 5.91 Å². The van der Waals surface area contributed by atoms with Crippen molar-refractivity contribution >= 4 is 5.91 Å². The van der Waals surface area contributed by atoms with Crippen LogP contribution in [0.1, 0.15) is 67.7 Å². The monoisotopic (exact) mass is 520 g/mol. The summed E-state index contributed by atoms with van der Waals surface area (Å²) < 4.78 is 53.0. The number of nitrogens with one attached hydrogen (secondary N) is 1. The first-order valence-electron chi connectivity index (χ1n) is 13.0. The third-order valence-corrected chi connectivity index (χ3v) is 8.45. The maximum absolute atomic E-state index is 13.8. The first-order chi connectivity index (χ1) is 17.4. The molecule has 1 heterocycles. The van der Waals surface area contributed by atoms with Crippen LogP contribution in [0.4, 0.5) is 17.6 Å². The molecule has 4 rings (SSSR count). The van der Waals surface area contributed by atoms with E-state index in [9.17, 15) is 27.5 Å². The van der Waals surface area contributed by atoms with Crippen LogP contribution in [0, 0.1) is 24.1 Å². The molecule has 0 aromatic heterocycles. The predicted octanol–water partition coefficient (Wildman–Crippen LogP) is 5.81. The molecule has 1 saturated heterocycles. The number of carbonyl (C=O) groups excluding carboxylic acids is 1. The summed E-state index contributed by atoms with van der Waals surface area (Å²) in [7, 11) is 0. The van der Waals surface area contributed by atoms with Crippen molar-refractivity contribution < 1.29 is 27.5 Å². The highest BCUT2D eigenvalue weighted by molar-refractivity contribution is 5.83. The topological polar surface area (TPSA) is 52.6 Å². The van der Waals surface area contributed by atoms with Gasteiger partial charge in [0.1, 0.15) is 5.82 Å². The Bertz CT molecular complexity index is 1100. The molecule has 2 fully saturated rings. The zero-order valence-corrected chi connectivity index (χ0v) is 21.6. The summed E-state index contributed by atoms with van der Waals surface area (Å²) in [6, 6.07) is 10.8. The third-order valence-electron chi connectivity index (χ3n) is 8.45. The Morgan fingerprint density at radius 1 is 1.16 bits per heavy atom. The predicted molar refractivity (Wildman–Crippen MR) is 134 cm³/mol. The second-order valence-electron chi connectivity index (χ2n) is 11.1. The first kappa shape index (κ1) is 27.6. The molecule has 0 radical (unpaired) electrons. The Morgan fingerprint density at radius 3 is 2.49 bits per heavy atom. The summed E-state index contributed by atoms with van der Waals surface area (Å²) in [6.45, 7) is 7.23. The van der Waals surface area contributed by atoms with Crippen molar-refractivity contribution in [2.45, 2.75) is 77.2 Å². The van der Waals surface area contributed by atoms with Crippen LogP contribution in [0.3, 0.4) is 0 Å². The van der Waals surface area contributed by atoms with Gasteiger partial charge in [-0.25, -0.2) is 4.39 Å². The Hall–Kier alpha value is -2.45. The summed E-state index contributed by atoms with van der Waals surface area (Å²) in [4.78, 5) is 15.7. The third kappa shape index (κ3) is 6.01. The van der Waals surface area contributed by atoms with Gasteiger partial charge in [0, 0.05) is 25.0 Å². The van der Waals surface area contributed by atoms with E-state index in [1.54, 1.807) is 0 Å². The molecule has 1 aliphatic heterocycles. The second kappa shape index (κ2) is 10.7. The Balaban J connectivity index is 1.40. The van der Waals surface area contributed by atoms with Crippen molar-refractivity contribution in [3.63, 3.8) is 0 Å². The highest BCUT2D eigenvalue weighted by atomic mass is 19.4. The van der Waals surface area contributed by atoms with Crippen LogP contribution < -0.4 is 5.32 Å². The molecule has 4 atom stereocenters. The van der Waals surface area contributed by atoms with E-state index in [1.165, 1.54) is 5.56 Å². The number of β-amino-alcohol motifs (C(OH)–C–C–N with tert-alkyl or cyclic N) is 1. The first-order valence-corrected chi connectivity index (χ1v) is 13.0. The Kier molecular flexibility index (Phi) is 8.00. The summed E-state index contributed by atoms with van der Waals surface area (Å²) in [6.07, 6.45) is -2.22. The second-order valence-corrected chi connectivity index (χ2v) is 11.1. The van der Waals surface area contributed by atoms with Gasteiger partial charge in [-0.2, -0.15) is 13.2 Å². The van der Waals surface area contributed by atoms with Crippen LogP contribution in [0.5, 0.6) is 0 Å². The van der Waals surface area contributed by atoms with E-state index in [4.69, 9.17) is 0 Å². The molecule has 0 spiro atoms. The van der Waals surface area contributed by atoms with Crippen molar-refractivity contribution in [2.24, 2.45) is 11.3 Å². The van der Waals surface area contributed by atoms with Crippen LogP contribution in [0.25, 0.3) is 0 Å². The van der Waals surface area contributed by atoms with Gasteiger partial charge < -0.3 is 10.4 Å². The molecule has 0 bridgehead atoms. The molecule has 2 aromatic carbocycles. The highest BCUT2D eigenvalue weighted by Crippen LogP contribution is 2.47. The number of carbonyl (C=O) groups is 1. The zero-order chi connectivity index (χ0) is 27.0. The number of aryl methyl sites for hydroxylation is 1. The van der Waals surface area contributed by atoms with Crippen LogP contribution in [0.2, 0.25) is 0 Å². The lowest BCUT2D eigenvalue weighted by Crippen LogP contribution is -2.48. The minimum Gasteiger partial charge on any atom is -0.391 e. The SMILES string of the molecule is Cc1ccc([C@@H]2CCN(C3CCC(C(=O)NCc4cc(F)cc(C(F)(F)F)c4)(C(C)C)C3)C[C@H]2O)cc1. The molecular weight excluding hydrogens is 484 g/mol. The number of halogens is 4. The minimum absolute atomic E-state index is 0.0192. The molecular formula is C29H36F4N2O2. The van der Waals surface area contributed by atoms with Gasteiger partial charge >= 0.3 is 6.18 Å². The number of rotatable bonds is 6. The number of alkyl halides is 3. The largest absolute Gasteiger partial charge is 0.416 e. The van der Waals surface area contributed by atoms with Crippen molar-refractivity contribution in [2.75, 3.05) is 13.1 Å². The number of piperidine rings is 1. The standard InChI is InChI=1S/C29H36F4N2O2/c1-18(2)28(27(37)34-16-20-12-22(29(31,32)33)14-23(30)13-20)10-8-24(15-28)35-11-9-25(26(36)17-35)21-6-4-19(3)5-7-21/h4-7,12-14,18,24-26,36H,8-11,15-17H2,1-3H3,(H,34,37)/t24?,25-,26+,28?/m0/s1. The van der Waals surface area contributed by atoms with Crippen molar-refractivity contribution in [3.05, 3.63) is 70.5 Å². The lowest BCUT2D eigenvalue weighted by Gasteiger charge is -2.40. The van der Waals surface area contributed by atoms with Crippen molar-refractivity contribution in [3.8, 4) is 0 Å². The number of hydrogen-bond acceptors (Lipinski definition) is 3. The molecule has 1 aliphatic carbocycles. The van der Waals surface area contributed by atoms with Crippen molar-refractivity contribution in [1.82, 2.24) is 10.2 Å². The molecule has 8 heteroatoms. The quantitative estimate of drug-likeness (QED) is 0.473. The van der Waals surface area contributed by atoms with E-state index in [-0.39, 0.29) is 35.9 Å². The van der Waals surface area contributed by atoms with Gasteiger partial charge in [0.05, 0.1) is 17.1 Å². The average Bonchev–Trinajstić information content (AvgIpc) is 3.29. The van der Waals surface area contributed by atoms with Crippen molar-refractivity contribution in [1.29, 1.82) is 0 Å². The minimum atomic E-state index is -4.66. The van der Waals surface area contributed by atoms with Gasteiger partial charge in [-0.3, -0.25) is 9.69 Å². The molecule has 2 unspecified atom stereocenters. The fraction of sp³-hybridized carbons (Fsp3) is 0.552. The molecule has 2 aromatic rings. The van der Waals surface area contributed by atoms with Crippen LogP contribution in [-0.2, 0) is 17.5 Å². The van der Waals surface area contributed by atoms with Crippen LogP contribution >= 0.6 is 0 Å². The molecule has 202 valence electrons. The normalized spacial score (nSPS) is 27.0. The average molecular weight is 521 g/mol. The van der Waals surface area contributed by atoms with Gasteiger partial charge in [-0.15, -0.1) is 0 Å². The fourth-order valence-electron chi connectivity index (χ4n) is 6.12. The van der Waals surface area contributed by atoms with E-state index in [1.807, 2.05) is 20.8 Å². The summed E-state index contributed by atoms with van der Waals surface area (Å²) in [5.41, 5.74) is 0.678. The van der Waals surface area contributed by atoms with E-state index in [2.05, 4.69) is 34.5 Å². The van der Waals surface area contributed by atoms with Crippen LogP contribution in [-0.4, -0.2) is 41.1 Å². The lowest BCUT2D eigenvalue weighted by atomic mass is 9.74. The number of aliphatic hydroxyl groups excluding tert-OH is 1. The van der Waals surface area contributed by atoms with Gasteiger partial charge in [-0.05, 0) is 74.4 Å². The number of aliphatic hydroxyl groups is 1. The maximum atomic E-state index is 13.8. The molecule has 1 amide bonds. The van der Waals surface area contributed by atoms with E-state index >= 15 is 0 Å². The van der Waals surface area contributed by atoms with Gasteiger partial charge in [0.25, 0.3) is 0 Å². The molecule has 2 N–H and O–H groups in total. The zero-order valence-electron chi connectivity index (χ0n) is 21.6. The lowest BCUT2D eigenvalue weighted by molar-refractivity contribution is -0.137. The van der Waals surface area contributed by atoms with Crippen LogP contribution in [0.15, 0.2) is 42.5 Å². The summed E-state index contributed by atoms with van der Waals surface area (Å²) in [5, 5.41) is 13.7.